The van der Waals surface area contributed by atoms with Crippen molar-refractivity contribution >= 4 is 16.9 Å². The highest BCUT2D eigenvalue weighted by molar-refractivity contribution is 5.98. The second-order valence-electron chi connectivity index (χ2n) is 6.92. The maximum Gasteiger partial charge on any atom is 0.256 e. The van der Waals surface area contributed by atoms with Crippen LogP contribution in [0.25, 0.3) is 11.0 Å². The summed E-state index contributed by atoms with van der Waals surface area (Å²) in [5.41, 5.74) is 3.22. The fraction of sp³-hybridized carbons (Fsp3) is 0.381. The summed E-state index contributed by atoms with van der Waals surface area (Å²) in [7, 11) is 1.64. The van der Waals surface area contributed by atoms with Crippen LogP contribution in [-0.4, -0.2) is 45.8 Å². The van der Waals surface area contributed by atoms with Gasteiger partial charge >= 0.3 is 0 Å². The summed E-state index contributed by atoms with van der Waals surface area (Å²) in [6.07, 6.45) is 1.77. The number of hydrogen-bond acceptors (Lipinski definition) is 4. The van der Waals surface area contributed by atoms with Crippen molar-refractivity contribution in [3.05, 3.63) is 59.4 Å². The summed E-state index contributed by atoms with van der Waals surface area (Å²) >= 11 is 0. The van der Waals surface area contributed by atoms with Crippen LogP contribution in [0.3, 0.4) is 0 Å². The lowest BCUT2D eigenvalue weighted by molar-refractivity contribution is 0.0679. The fourth-order valence-corrected chi connectivity index (χ4v) is 3.09. The van der Waals surface area contributed by atoms with Gasteiger partial charge in [0, 0.05) is 31.6 Å². The van der Waals surface area contributed by atoms with Crippen LogP contribution in [0.15, 0.2) is 42.6 Å². The number of nitrogens with zero attached hydrogens (tertiary/aromatic N) is 4. The Labute approximate surface area is 159 Å². The van der Waals surface area contributed by atoms with Crippen molar-refractivity contribution < 1.29 is 9.53 Å². The number of ether oxygens (including phenoxy) is 1. The highest BCUT2D eigenvalue weighted by Crippen LogP contribution is 2.21. The molecule has 3 aromatic rings. The summed E-state index contributed by atoms with van der Waals surface area (Å²) in [6.45, 7) is 7.54. The average molecular weight is 366 g/mol. The second-order valence-corrected chi connectivity index (χ2v) is 6.92. The van der Waals surface area contributed by atoms with Crippen LogP contribution in [0.4, 0.5) is 0 Å². The van der Waals surface area contributed by atoms with E-state index in [1.54, 1.807) is 13.3 Å². The Bertz CT molecular complexity index is 919. The maximum atomic E-state index is 13.3. The predicted octanol–water partition coefficient (Wildman–Crippen LogP) is 3.61. The van der Waals surface area contributed by atoms with Gasteiger partial charge in [-0.15, -0.1) is 0 Å². The minimum Gasteiger partial charge on any atom is -0.383 e. The first-order valence-corrected chi connectivity index (χ1v) is 9.18. The van der Waals surface area contributed by atoms with Crippen molar-refractivity contribution in [2.24, 2.45) is 0 Å². The molecular weight excluding hydrogens is 340 g/mol. The Morgan fingerprint density at radius 2 is 2.00 bits per heavy atom. The molecule has 0 atom stereocenters. The van der Waals surface area contributed by atoms with E-state index in [9.17, 15) is 4.79 Å². The lowest BCUT2D eigenvalue weighted by Gasteiger charge is -2.23. The third-order valence-corrected chi connectivity index (χ3v) is 4.55. The summed E-state index contributed by atoms with van der Waals surface area (Å²) in [5.74, 6) is -0.0416. The molecule has 0 aliphatic carbocycles. The van der Waals surface area contributed by atoms with Gasteiger partial charge in [0.2, 0.25) is 0 Å². The minimum atomic E-state index is -0.0416. The van der Waals surface area contributed by atoms with Gasteiger partial charge in [0.05, 0.1) is 24.1 Å². The van der Waals surface area contributed by atoms with Gasteiger partial charge in [-0.1, -0.05) is 30.3 Å². The third-order valence-electron chi connectivity index (χ3n) is 4.55. The fourth-order valence-electron chi connectivity index (χ4n) is 3.09. The van der Waals surface area contributed by atoms with Gasteiger partial charge in [0.25, 0.3) is 5.91 Å². The number of hydrogen-bond donors (Lipinski definition) is 0. The number of carbonyl (C=O) groups is 1. The lowest BCUT2D eigenvalue weighted by Crippen LogP contribution is -2.34. The molecule has 0 saturated heterocycles. The SMILES string of the molecule is COCCN(Cc1ccccc1)C(=O)c1cc2cnn(C(C)C)c2nc1C. The van der Waals surface area contributed by atoms with Gasteiger partial charge in [-0.2, -0.15) is 5.10 Å². The van der Waals surface area contributed by atoms with E-state index < -0.39 is 0 Å². The summed E-state index contributed by atoms with van der Waals surface area (Å²) in [4.78, 5) is 19.7. The molecule has 0 saturated carbocycles. The summed E-state index contributed by atoms with van der Waals surface area (Å²) in [6, 6.07) is 12.1. The number of fused-ring (bicyclic) bond motifs is 1. The molecule has 2 heterocycles. The van der Waals surface area contributed by atoms with Crippen molar-refractivity contribution in [2.45, 2.75) is 33.4 Å². The number of aryl methyl sites for hydroxylation is 1. The normalized spacial score (nSPS) is 11.3. The smallest absolute Gasteiger partial charge is 0.256 e. The van der Waals surface area contributed by atoms with Crippen LogP contribution >= 0.6 is 0 Å². The van der Waals surface area contributed by atoms with E-state index in [-0.39, 0.29) is 11.9 Å². The van der Waals surface area contributed by atoms with Crippen molar-refractivity contribution in [2.75, 3.05) is 20.3 Å². The Hall–Kier alpha value is -2.73. The Balaban J connectivity index is 1.93. The number of aromatic nitrogens is 3. The number of amides is 1. The molecule has 0 bridgehead atoms. The molecule has 0 aliphatic heterocycles. The molecule has 1 aromatic carbocycles. The molecule has 0 fully saturated rings. The number of methoxy groups -OCH3 is 1. The molecule has 0 spiro atoms. The van der Waals surface area contributed by atoms with Gasteiger partial charge in [0.15, 0.2) is 5.65 Å². The molecule has 142 valence electrons. The predicted molar refractivity (Wildman–Crippen MR) is 106 cm³/mol. The standard InChI is InChI=1S/C21H26N4O2/c1-15(2)25-20-18(13-22-25)12-19(16(3)23-20)21(26)24(10-11-27-4)14-17-8-6-5-7-9-17/h5-9,12-13,15H,10-11,14H2,1-4H3. The zero-order valence-corrected chi connectivity index (χ0v) is 16.3. The quantitative estimate of drug-likeness (QED) is 0.641. The van der Waals surface area contributed by atoms with E-state index in [0.717, 1.165) is 16.6 Å². The third kappa shape index (κ3) is 4.17. The van der Waals surface area contributed by atoms with Crippen molar-refractivity contribution in [1.82, 2.24) is 19.7 Å². The molecule has 0 aliphatic rings. The maximum absolute atomic E-state index is 13.3. The van der Waals surface area contributed by atoms with E-state index in [2.05, 4.69) is 23.9 Å². The number of carbonyl (C=O) groups excluding carboxylic acids is 1. The summed E-state index contributed by atoms with van der Waals surface area (Å²) < 4.78 is 7.08. The zero-order chi connectivity index (χ0) is 19.4. The van der Waals surface area contributed by atoms with Crippen LogP contribution in [0.1, 0.15) is 41.5 Å². The average Bonchev–Trinajstić information content (AvgIpc) is 3.07. The molecular formula is C21H26N4O2. The number of rotatable bonds is 7. The first-order valence-electron chi connectivity index (χ1n) is 9.18. The van der Waals surface area contributed by atoms with Crippen LogP contribution in [0, 0.1) is 6.92 Å². The Morgan fingerprint density at radius 1 is 1.26 bits per heavy atom. The van der Waals surface area contributed by atoms with E-state index >= 15 is 0 Å². The van der Waals surface area contributed by atoms with Gasteiger partial charge in [0.1, 0.15) is 0 Å². The highest BCUT2D eigenvalue weighted by atomic mass is 16.5. The monoisotopic (exact) mass is 366 g/mol. The molecule has 3 rings (SSSR count). The Kier molecular flexibility index (Phi) is 5.86. The number of benzene rings is 1. The van der Waals surface area contributed by atoms with Gasteiger partial charge < -0.3 is 9.64 Å². The van der Waals surface area contributed by atoms with Crippen molar-refractivity contribution in [3.63, 3.8) is 0 Å². The summed E-state index contributed by atoms with van der Waals surface area (Å²) in [5, 5.41) is 5.29. The van der Waals surface area contributed by atoms with Crippen LogP contribution < -0.4 is 0 Å². The molecule has 0 unspecified atom stereocenters. The number of pyridine rings is 1. The minimum absolute atomic E-state index is 0.0416. The van der Waals surface area contributed by atoms with E-state index in [1.165, 1.54) is 0 Å². The van der Waals surface area contributed by atoms with Gasteiger partial charge in [-0.25, -0.2) is 9.67 Å². The van der Waals surface area contributed by atoms with Crippen LogP contribution in [0.5, 0.6) is 0 Å². The second kappa shape index (κ2) is 8.31. The molecule has 1 amide bonds. The van der Waals surface area contributed by atoms with Gasteiger partial charge in [-0.3, -0.25) is 4.79 Å². The molecule has 27 heavy (non-hydrogen) atoms. The van der Waals surface area contributed by atoms with Gasteiger partial charge in [-0.05, 0) is 32.4 Å². The lowest BCUT2D eigenvalue weighted by atomic mass is 10.1. The first kappa shape index (κ1) is 19.0. The van der Waals surface area contributed by atoms with Crippen LogP contribution in [0.2, 0.25) is 0 Å². The zero-order valence-electron chi connectivity index (χ0n) is 16.3. The Morgan fingerprint density at radius 3 is 2.67 bits per heavy atom. The molecule has 2 aromatic heterocycles. The molecule has 6 heteroatoms. The topological polar surface area (TPSA) is 60.2 Å². The molecule has 0 N–H and O–H groups in total. The van der Waals surface area contributed by atoms with E-state index in [1.807, 2.05) is 52.9 Å². The van der Waals surface area contributed by atoms with Crippen LogP contribution in [-0.2, 0) is 11.3 Å². The largest absolute Gasteiger partial charge is 0.383 e. The first-order chi connectivity index (χ1) is 13.0. The molecule has 0 radical (unpaired) electrons. The van der Waals surface area contributed by atoms with E-state index in [4.69, 9.17) is 4.74 Å². The molecule has 6 nitrogen and oxygen atoms in total. The van der Waals surface area contributed by atoms with Crippen molar-refractivity contribution in [3.8, 4) is 0 Å². The van der Waals surface area contributed by atoms with Crippen molar-refractivity contribution in [1.29, 1.82) is 0 Å². The van der Waals surface area contributed by atoms with E-state index in [0.29, 0.717) is 31.0 Å². The highest BCUT2D eigenvalue weighted by Gasteiger charge is 2.20.